The first-order valence-electron chi connectivity index (χ1n) is 12.9. The number of rotatable bonds is 10. The van der Waals surface area contributed by atoms with E-state index in [2.05, 4.69) is 18.7 Å². The van der Waals surface area contributed by atoms with Crippen molar-refractivity contribution in [3.8, 4) is 5.75 Å². The molecular formula is C31H33ClN2O4. The first-order chi connectivity index (χ1) is 18.3. The molecule has 4 rings (SSSR count). The van der Waals surface area contributed by atoms with E-state index in [-0.39, 0.29) is 11.3 Å². The van der Waals surface area contributed by atoms with Crippen molar-refractivity contribution in [1.82, 2.24) is 9.80 Å². The van der Waals surface area contributed by atoms with Crippen LogP contribution in [-0.2, 0) is 16.2 Å². The molecule has 1 aliphatic heterocycles. The smallest absolute Gasteiger partial charge is 0.295 e. The summed E-state index contributed by atoms with van der Waals surface area (Å²) in [7, 11) is 0. The average molecular weight is 533 g/mol. The number of aliphatic hydroxyl groups excluding tert-OH is 1. The summed E-state index contributed by atoms with van der Waals surface area (Å²) in [5.74, 6) is -0.826. The summed E-state index contributed by atoms with van der Waals surface area (Å²) in [6.07, 6.45) is 0. The summed E-state index contributed by atoms with van der Waals surface area (Å²) in [4.78, 5) is 30.2. The maximum absolute atomic E-state index is 13.3. The fourth-order valence-corrected chi connectivity index (χ4v) is 4.87. The predicted molar refractivity (Wildman–Crippen MR) is 150 cm³/mol. The quantitative estimate of drug-likeness (QED) is 0.197. The van der Waals surface area contributed by atoms with E-state index < -0.39 is 17.7 Å². The monoisotopic (exact) mass is 532 g/mol. The van der Waals surface area contributed by atoms with Crippen LogP contribution in [0, 0.1) is 6.92 Å². The molecule has 6 nitrogen and oxygen atoms in total. The lowest BCUT2D eigenvalue weighted by Gasteiger charge is -2.28. The number of amides is 1. The maximum Gasteiger partial charge on any atom is 0.295 e. The average Bonchev–Trinajstić information content (AvgIpc) is 3.18. The number of nitrogens with zero attached hydrogens (tertiary/aromatic N) is 2. The molecular weight excluding hydrogens is 500 g/mol. The summed E-state index contributed by atoms with van der Waals surface area (Å²) in [5, 5.41) is 12.0. The van der Waals surface area contributed by atoms with E-state index in [1.165, 1.54) is 0 Å². The van der Waals surface area contributed by atoms with Gasteiger partial charge in [0.05, 0.1) is 11.6 Å². The van der Waals surface area contributed by atoms with Crippen LogP contribution in [-0.4, -0.2) is 52.8 Å². The van der Waals surface area contributed by atoms with Gasteiger partial charge >= 0.3 is 0 Å². The minimum atomic E-state index is -0.711. The summed E-state index contributed by atoms with van der Waals surface area (Å²) in [6, 6.07) is 21.5. The van der Waals surface area contributed by atoms with Gasteiger partial charge in [0.15, 0.2) is 0 Å². The lowest BCUT2D eigenvalue weighted by molar-refractivity contribution is -0.140. The standard InChI is InChI=1S/C31H33ClN2O4/c1-4-33(5-2)17-18-34-28(23-11-14-25(32)15-12-23)27(30(36)31(34)37)29(35)24-13-16-26(21(3)19-24)38-20-22-9-7-6-8-10-22/h6-16,19,28,35H,4-5,17-18,20H2,1-3H3/t28-/m1/s1. The highest BCUT2D eigenvalue weighted by molar-refractivity contribution is 6.46. The van der Waals surface area contributed by atoms with Gasteiger partial charge in [-0.2, -0.15) is 0 Å². The largest absolute Gasteiger partial charge is 0.507 e. The second-order valence-electron chi connectivity index (χ2n) is 9.33. The number of carbonyl (C=O) groups excluding carboxylic acids is 2. The Morgan fingerprint density at radius 1 is 1.00 bits per heavy atom. The van der Waals surface area contributed by atoms with Gasteiger partial charge < -0.3 is 19.6 Å². The molecule has 3 aromatic rings. The number of aryl methyl sites for hydroxylation is 1. The third-order valence-corrected chi connectivity index (χ3v) is 7.21. The Morgan fingerprint density at radius 3 is 2.32 bits per heavy atom. The van der Waals surface area contributed by atoms with Crippen LogP contribution in [0.2, 0.25) is 5.02 Å². The molecule has 0 radical (unpaired) electrons. The molecule has 1 saturated heterocycles. The van der Waals surface area contributed by atoms with E-state index in [4.69, 9.17) is 16.3 Å². The zero-order valence-electron chi connectivity index (χ0n) is 22.0. The second-order valence-corrected chi connectivity index (χ2v) is 9.76. The third kappa shape index (κ3) is 5.93. The van der Waals surface area contributed by atoms with Gasteiger partial charge in [0, 0.05) is 23.7 Å². The molecule has 38 heavy (non-hydrogen) atoms. The third-order valence-electron chi connectivity index (χ3n) is 6.96. The lowest BCUT2D eigenvalue weighted by atomic mass is 9.95. The molecule has 1 N–H and O–H groups in total. The zero-order valence-corrected chi connectivity index (χ0v) is 22.7. The molecule has 0 saturated carbocycles. The number of ketones is 1. The van der Waals surface area contributed by atoms with Crippen molar-refractivity contribution in [2.24, 2.45) is 0 Å². The number of hydrogen-bond donors (Lipinski definition) is 1. The molecule has 1 fully saturated rings. The molecule has 0 aromatic heterocycles. The number of halogens is 1. The summed E-state index contributed by atoms with van der Waals surface area (Å²) >= 11 is 6.12. The molecule has 0 bridgehead atoms. The van der Waals surface area contributed by atoms with Crippen LogP contribution < -0.4 is 4.74 Å². The molecule has 0 aliphatic carbocycles. The number of carbonyl (C=O) groups is 2. The van der Waals surface area contributed by atoms with Gasteiger partial charge in [-0.1, -0.05) is 67.9 Å². The first-order valence-corrected chi connectivity index (χ1v) is 13.3. The number of Topliss-reactive ketones (excluding diaryl/α,β-unsaturated/α-hetero) is 1. The highest BCUT2D eigenvalue weighted by Gasteiger charge is 2.46. The van der Waals surface area contributed by atoms with E-state index in [9.17, 15) is 14.7 Å². The van der Waals surface area contributed by atoms with Gasteiger partial charge in [0.25, 0.3) is 11.7 Å². The number of likely N-dealkylation sites (N-methyl/N-ethyl adjacent to an activating group) is 1. The zero-order chi connectivity index (χ0) is 27.2. The minimum Gasteiger partial charge on any atom is -0.507 e. The summed E-state index contributed by atoms with van der Waals surface area (Å²) in [5.41, 5.74) is 3.11. The van der Waals surface area contributed by atoms with E-state index in [0.717, 1.165) is 24.2 Å². The van der Waals surface area contributed by atoms with Gasteiger partial charge in [-0.05, 0) is 67.0 Å². The van der Waals surface area contributed by atoms with Gasteiger partial charge in [-0.25, -0.2) is 0 Å². The normalized spacial score (nSPS) is 16.9. The Kier molecular flexibility index (Phi) is 8.87. The molecule has 7 heteroatoms. The van der Waals surface area contributed by atoms with Crippen LogP contribution in [0.5, 0.6) is 5.75 Å². The molecule has 0 unspecified atom stereocenters. The number of aliphatic hydroxyl groups is 1. The Bertz CT molecular complexity index is 1320. The van der Waals surface area contributed by atoms with Crippen LogP contribution in [0.1, 0.15) is 42.1 Å². The predicted octanol–water partition coefficient (Wildman–Crippen LogP) is 5.99. The van der Waals surface area contributed by atoms with Crippen molar-refractivity contribution >= 4 is 29.1 Å². The Labute approximate surface area is 229 Å². The molecule has 1 aliphatic rings. The maximum atomic E-state index is 13.3. The topological polar surface area (TPSA) is 70.1 Å². The van der Waals surface area contributed by atoms with E-state index >= 15 is 0 Å². The summed E-state index contributed by atoms with van der Waals surface area (Å²) in [6.45, 7) is 9.08. The van der Waals surface area contributed by atoms with Crippen molar-refractivity contribution in [2.45, 2.75) is 33.4 Å². The molecule has 3 aromatic carbocycles. The molecule has 1 atom stereocenters. The highest BCUT2D eigenvalue weighted by Crippen LogP contribution is 2.40. The van der Waals surface area contributed by atoms with E-state index in [1.54, 1.807) is 47.4 Å². The number of likely N-dealkylation sites (tertiary alicyclic amines) is 1. The highest BCUT2D eigenvalue weighted by atomic mass is 35.5. The van der Waals surface area contributed by atoms with E-state index in [0.29, 0.717) is 41.6 Å². The van der Waals surface area contributed by atoms with Crippen LogP contribution in [0.25, 0.3) is 5.76 Å². The van der Waals surface area contributed by atoms with Gasteiger partial charge in [-0.3, -0.25) is 9.59 Å². The van der Waals surface area contributed by atoms with Crippen LogP contribution in [0.3, 0.4) is 0 Å². The van der Waals surface area contributed by atoms with Crippen LogP contribution in [0.15, 0.2) is 78.4 Å². The fourth-order valence-electron chi connectivity index (χ4n) is 4.74. The van der Waals surface area contributed by atoms with Crippen LogP contribution >= 0.6 is 11.6 Å². The number of hydrogen-bond acceptors (Lipinski definition) is 5. The molecule has 0 spiro atoms. The van der Waals surface area contributed by atoms with Gasteiger partial charge in [0.2, 0.25) is 0 Å². The summed E-state index contributed by atoms with van der Waals surface area (Å²) < 4.78 is 5.97. The van der Waals surface area contributed by atoms with Crippen molar-refractivity contribution in [2.75, 3.05) is 26.2 Å². The number of benzene rings is 3. The van der Waals surface area contributed by atoms with E-state index in [1.807, 2.05) is 37.3 Å². The Morgan fingerprint density at radius 2 is 1.68 bits per heavy atom. The van der Waals surface area contributed by atoms with Crippen molar-refractivity contribution in [1.29, 1.82) is 0 Å². The molecule has 1 heterocycles. The Hall–Kier alpha value is -3.61. The van der Waals surface area contributed by atoms with Crippen molar-refractivity contribution in [3.05, 3.63) is 106 Å². The van der Waals surface area contributed by atoms with Crippen LogP contribution in [0.4, 0.5) is 0 Å². The number of ether oxygens (including phenoxy) is 1. The minimum absolute atomic E-state index is 0.0780. The van der Waals surface area contributed by atoms with Crippen molar-refractivity contribution < 1.29 is 19.4 Å². The van der Waals surface area contributed by atoms with Crippen molar-refractivity contribution in [3.63, 3.8) is 0 Å². The fraction of sp³-hybridized carbons (Fsp3) is 0.290. The SMILES string of the molecule is CCN(CC)CCN1C(=O)C(=O)C(=C(O)c2ccc(OCc3ccccc3)c(C)c2)[C@H]1c1ccc(Cl)cc1. The lowest BCUT2D eigenvalue weighted by Crippen LogP contribution is -2.38. The van der Waals surface area contributed by atoms with Gasteiger partial charge in [-0.15, -0.1) is 0 Å². The Balaban J connectivity index is 1.68. The molecule has 198 valence electrons. The molecule has 1 amide bonds. The second kappa shape index (κ2) is 12.3. The van der Waals surface area contributed by atoms with Gasteiger partial charge in [0.1, 0.15) is 18.1 Å². The first kappa shape index (κ1) is 27.4.